The van der Waals surface area contributed by atoms with E-state index in [4.69, 9.17) is 23.7 Å². The number of carboxylic acids is 1. The molecule has 12 nitrogen and oxygen atoms in total. The van der Waals surface area contributed by atoms with Crippen molar-refractivity contribution in [3.05, 3.63) is 146 Å². The molecular weight excluding hydrogens is 949 g/mol. The molecule has 75 heavy (non-hydrogen) atoms. The molecule has 0 aromatic heterocycles. The van der Waals surface area contributed by atoms with Crippen LogP contribution in [0.1, 0.15) is 175 Å². The van der Waals surface area contributed by atoms with Gasteiger partial charge < -0.3 is 39.0 Å². The van der Waals surface area contributed by atoms with E-state index in [2.05, 4.69) is 154 Å². The van der Waals surface area contributed by atoms with Crippen molar-refractivity contribution in [3.8, 4) is 0 Å². The van der Waals surface area contributed by atoms with Gasteiger partial charge >= 0.3 is 23.9 Å². The summed E-state index contributed by atoms with van der Waals surface area (Å²) in [7, 11) is 0. The van der Waals surface area contributed by atoms with Gasteiger partial charge in [-0.1, -0.05) is 179 Å². The average Bonchev–Trinajstić information content (AvgIpc) is 3.39. The van der Waals surface area contributed by atoms with Crippen molar-refractivity contribution in [2.75, 3.05) is 13.2 Å². The summed E-state index contributed by atoms with van der Waals surface area (Å²) < 4.78 is 28.2. The summed E-state index contributed by atoms with van der Waals surface area (Å²) >= 11 is 0. The Bertz CT molecular complexity index is 1860. The number of aliphatic hydroxyl groups excluding tert-OH is 2. The maximum atomic E-state index is 13.1. The fraction of sp³-hybridized carbons (Fsp3) is 0.556. The third kappa shape index (κ3) is 39.7. The quantitative estimate of drug-likeness (QED) is 0.0228. The Morgan fingerprint density at radius 3 is 1.24 bits per heavy atom. The molecular formula is C63H94O12. The van der Waals surface area contributed by atoms with Gasteiger partial charge in [-0.2, -0.15) is 0 Å². The molecule has 0 amide bonds. The van der Waals surface area contributed by atoms with Gasteiger partial charge in [-0.05, 0) is 122 Å². The molecule has 6 unspecified atom stereocenters. The van der Waals surface area contributed by atoms with Crippen LogP contribution in [0.5, 0.6) is 0 Å². The van der Waals surface area contributed by atoms with Gasteiger partial charge in [-0.25, -0.2) is 4.79 Å². The minimum Gasteiger partial charge on any atom is -0.479 e. The van der Waals surface area contributed by atoms with Crippen LogP contribution >= 0.6 is 0 Å². The number of aliphatic hydroxyl groups is 2. The molecule has 6 atom stereocenters. The predicted octanol–water partition coefficient (Wildman–Crippen LogP) is 14.0. The lowest BCUT2D eigenvalue weighted by Crippen LogP contribution is -2.61. The van der Waals surface area contributed by atoms with Crippen LogP contribution in [0.3, 0.4) is 0 Å². The summed E-state index contributed by atoms with van der Waals surface area (Å²) in [6.45, 7) is 5.50. The lowest BCUT2D eigenvalue weighted by molar-refractivity contribution is -0.301. The van der Waals surface area contributed by atoms with Gasteiger partial charge in [0.25, 0.3) is 0 Å². The fourth-order valence-corrected chi connectivity index (χ4v) is 7.24. The van der Waals surface area contributed by atoms with Crippen LogP contribution in [0.25, 0.3) is 0 Å². The van der Waals surface area contributed by atoms with E-state index < -0.39 is 67.3 Å². The molecule has 0 radical (unpaired) electrons. The number of carbonyl (C=O) groups excluding carboxylic acids is 3. The van der Waals surface area contributed by atoms with Crippen LogP contribution in [0.2, 0.25) is 0 Å². The smallest absolute Gasteiger partial charge is 0.335 e. The third-order valence-electron chi connectivity index (χ3n) is 11.4. The summed E-state index contributed by atoms with van der Waals surface area (Å²) in [6, 6.07) is 0. The minimum absolute atomic E-state index is 0.00198. The molecule has 12 heteroatoms. The number of hydrogen-bond acceptors (Lipinski definition) is 11. The van der Waals surface area contributed by atoms with E-state index in [1.807, 2.05) is 12.2 Å². The average molecular weight is 1040 g/mol. The Hall–Kier alpha value is -5.40. The number of rotatable bonds is 44. The molecule has 1 heterocycles. The normalized spacial score (nSPS) is 19.3. The largest absolute Gasteiger partial charge is 0.479 e. The number of carbonyl (C=O) groups is 4. The molecule has 3 N–H and O–H groups in total. The molecule has 1 fully saturated rings. The molecule has 0 bridgehead atoms. The highest BCUT2D eigenvalue weighted by molar-refractivity contribution is 5.74. The summed E-state index contributed by atoms with van der Waals surface area (Å²) in [5.74, 6) is -3.34. The van der Waals surface area contributed by atoms with Gasteiger partial charge in [0.05, 0.1) is 6.61 Å². The number of esters is 3. The predicted molar refractivity (Wildman–Crippen MR) is 302 cm³/mol. The third-order valence-corrected chi connectivity index (χ3v) is 11.4. The van der Waals surface area contributed by atoms with Crippen LogP contribution in [0.4, 0.5) is 0 Å². The van der Waals surface area contributed by atoms with Gasteiger partial charge in [0, 0.05) is 19.3 Å². The van der Waals surface area contributed by atoms with E-state index in [-0.39, 0.29) is 25.9 Å². The first-order chi connectivity index (χ1) is 36.6. The SMILES string of the molecule is CC/C=C\C/C=C\C/C=C\C/C=C\C/C=C\CCCCCC(=O)OC1C(OCC(COC(=O)CC/C=C\C/C=C\C/C=C\C/C=C\CC)OC(=O)CCCCC/C=C\C/C=C\C/C=C\CC)OC(C(=O)O)C(O)C1O. The Kier molecular flexibility index (Phi) is 44.6. The number of ether oxygens (including phenoxy) is 5. The van der Waals surface area contributed by atoms with Crippen molar-refractivity contribution in [1.29, 1.82) is 0 Å². The monoisotopic (exact) mass is 1040 g/mol. The van der Waals surface area contributed by atoms with Gasteiger partial charge in [0.1, 0.15) is 18.8 Å². The van der Waals surface area contributed by atoms with Crippen LogP contribution in [-0.2, 0) is 42.9 Å². The van der Waals surface area contributed by atoms with E-state index in [1.54, 1.807) is 0 Å². The molecule has 0 saturated carbocycles. The second kappa shape index (κ2) is 49.5. The van der Waals surface area contributed by atoms with Gasteiger partial charge in [0.2, 0.25) is 0 Å². The van der Waals surface area contributed by atoms with Crippen LogP contribution in [0, 0.1) is 0 Å². The van der Waals surface area contributed by atoms with Crippen molar-refractivity contribution in [2.45, 2.75) is 212 Å². The summed E-state index contributed by atoms with van der Waals surface area (Å²) in [4.78, 5) is 51.0. The summed E-state index contributed by atoms with van der Waals surface area (Å²) in [5.41, 5.74) is 0. The standard InChI is InChI=1S/C63H94O12/c1-4-7-10-13-16-19-22-25-26-27-28-29-30-33-36-39-42-45-48-51-57(66)74-61-59(68)58(67)60(62(69)70)75-63(61)72-53-54(73-56(65)50-47-44-41-38-35-32-24-21-18-15-12-9-6-3)52-71-55(64)49-46-43-40-37-34-31-23-20-17-14-11-8-5-2/h7-12,16-21,25-26,28-29,31-36,40,43,54,58-61,63,67-68H,4-6,13-15,22-24,27,30,37-39,41-42,44-53H2,1-3H3,(H,69,70)/b10-7-,11-8-,12-9-,19-16-,20-17-,21-18-,26-25-,29-28-,34-31-,35-32-,36-33-,43-40-. The van der Waals surface area contributed by atoms with Crippen molar-refractivity contribution < 1.29 is 58.2 Å². The van der Waals surface area contributed by atoms with Gasteiger partial charge in [-0.15, -0.1) is 0 Å². The first kappa shape index (κ1) is 67.6. The minimum atomic E-state index is -1.94. The zero-order valence-corrected chi connectivity index (χ0v) is 45.7. The lowest BCUT2D eigenvalue weighted by Gasteiger charge is -2.40. The van der Waals surface area contributed by atoms with Crippen LogP contribution < -0.4 is 0 Å². The summed E-state index contributed by atoms with van der Waals surface area (Å²) in [6.07, 6.45) is 58.4. The first-order valence-electron chi connectivity index (χ1n) is 27.8. The van der Waals surface area contributed by atoms with E-state index in [1.165, 1.54) is 0 Å². The summed E-state index contributed by atoms with van der Waals surface area (Å²) in [5, 5.41) is 31.4. The highest BCUT2D eigenvalue weighted by atomic mass is 16.7. The Balaban J connectivity index is 2.78. The zero-order valence-electron chi connectivity index (χ0n) is 45.7. The van der Waals surface area contributed by atoms with Crippen LogP contribution in [-0.4, -0.2) is 89.2 Å². The maximum Gasteiger partial charge on any atom is 0.335 e. The molecule has 0 aromatic rings. The van der Waals surface area contributed by atoms with Gasteiger partial charge in [-0.3, -0.25) is 14.4 Å². The second-order valence-corrected chi connectivity index (χ2v) is 18.1. The highest BCUT2D eigenvalue weighted by Crippen LogP contribution is 2.26. The number of unbranched alkanes of at least 4 members (excludes halogenated alkanes) is 6. The Morgan fingerprint density at radius 2 is 0.827 bits per heavy atom. The molecule has 0 spiro atoms. The number of allylic oxidation sites excluding steroid dienone is 24. The molecule has 0 aromatic carbocycles. The molecule has 0 aliphatic carbocycles. The van der Waals surface area contributed by atoms with E-state index in [0.29, 0.717) is 19.3 Å². The number of hydrogen-bond donors (Lipinski definition) is 3. The zero-order chi connectivity index (χ0) is 54.7. The van der Waals surface area contributed by atoms with Gasteiger partial charge in [0.15, 0.2) is 24.6 Å². The van der Waals surface area contributed by atoms with Crippen molar-refractivity contribution in [2.24, 2.45) is 0 Å². The maximum absolute atomic E-state index is 13.1. The highest BCUT2D eigenvalue weighted by Gasteiger charge is 2.50. The number of carboxylic acid groups (broad SMARTS) is 1. The Labute approximate surface area is 451 Å². The fourth-order valence-electron chi connectivity index (χ4n) is 7.24. The van der Waals surface area contributed by atoms with Crippen molar-refractivity contribution in [3.63, 3.8) is 0 Å². The molecule has 1 rings (SSSR count). The van der Waals surface area contributed by atoms with E-state index in [0.717, 1.165) is 116 Å². The van der Waals surface area contributed by atoms with E-state index >= 15 is 0 Å². The van der Waals surface area contributed by atoms with E-state index in [9.17, 15) is 34.5 Å². The van der Waals surface area contributed by atoms with Crippen LogP contribution in [0.15, 0.2) is 146 Å². The van der Waals surface area contributed by atoms with Crippen molar-refractivity contribution in [1.82, 2.24) is 0 Å². The van der Waals surface area contributed by atoms with Crippen molar-refractivity contribution >= 4 is 23.9 Å². The molecule has 1 aliphatic heterocycles. The lowest BCUT2D eigenvalue weighted by atomic mass is 9.98. The molecule has 1 saturated heterocycles. The second-order valence-electron chi connectivity index (χ2n) is 18.1. The Morgan fingerprint density at radius 1 is 0.440 bits per heavy atom. The number of aliphatic carboxylic acids is 1. The molecule has 1 aliphatic rings. The topological polar surface area (TPSA) is 175 Å². The molecule has 418 valence electrons. The first-order valence-corrected chi connectivity index (χ1v) is 27.8.